The largest absolute Gasteiger partial charge is 0.389 e. The van der Waals surface area contributed by atoms with Crippen LogP contribution in [-0.2, 0) is 9.53 Å². The first-order valence-electron chi connectivity index (χ1n) is 7.55. The quantitative estimate of drug-likeness (QED) is 0.730. The van der Waals surface area contributed by atoms with Crippen molar-refractivity contribution in [3.63, 3.8) is 0 Å². The Labute approximate surface area is 158 Å². The molecule has 8 heteroatoms. The summed E-state index contributed by atoms with van der Waals surface area (Å²) < 4.78 is 5.86. The average Bonchev–Trinajstić information content (AvgIpc) is 2.72. The van der Waals surface area contributed by atoms with Crippen molar-refractivity contribution in [3.05, 3.63) is 33.8 Å². The van der Waals surface area contributed by atoms with Gasteiger partial charge in [0, 0.05) is 19.6 Å². The molecule has 3 N–H and O–H groups in total. The Bertz CT molecular complexity index is 564. The topological polar surface area (TPSA) is 70.6 Å². The highest BCUT2D eigenvalue weighted by molar-refractivity contribution is 6.42. The van der Waals surface area contributed by atoms with E-state index in [0.29, 0.717) is 29.7 Å². The van der Waals surface area contributed by atoms with E-state index in [1.54, 1.807) is 26.0 Å². The Balaban J connectivity index is 0.00000288. The van der Waals surface area contributed by atoms with Crippen LogP contribution in [0.3, 0.4) is 0 Å². The van der Waals surface area contributed by atoms with E-state index in [0.717, 1.165) is 5.56 Å². The third kappa shape index (κ3) is 6.06. The highest BCUT2D eigenvalue weighted by Gasteiger charge is 2.32. The number of carbonyl (C=O) groups is 1. The number of ether oxygens (including phenoxy) is 1. The van der Waals surface area contributed by atoms with Crippen LogP contribution in [0.15, 0.2) is 18.2 Å². The summed E-state index contributed by atoms with van der Waals surface area (Å²) in [7, 11) is 0. The van der Waals surface area contributed by atoms with E-state index >= 15 is 0 Å². The molecule has 1 aromatic rings. The maximum Gasteiger partial charge on any atom is 0.227 e. The smallest absolute Gasteiger partial charge is 0.227 e. The lowest BCUT2D eigenvalue weighted by molar-refractivity contribution is -0.130. The molecule has 1 fully saturated rings. The zero-order valence-electron chi connectivity index (χ0n) is 13.6. The van der Waals surface area contributed by atoms with E-state index in [-0.39, 0.29) is 24.9 Å². The summed E-state index contributed by atoms with van der Waals surface area (Å²) in [5, 5.41) is 16.6. The molecule has 0 saturated carbocycles. The summed E-state index contributed by atoms with van der Waals surface area (Å²) in [6.07, 6.45) is -0.415. The molecule has 0 radical (unpaired) electrons. The number of halogens is 3. The molecule has 2 rings (SSSR count). The number of nitrogens with one attached hydrogen (secondary N) is 2. The third-order valence-corrected chi connectivity index (χ3v) is 4.35. The van der Waals surface area contributed by atoms with Crippen molar-refractivity contribution in [2.45, 2.75) is 25.6 Å². The highest BCUT2D eigenvalue weighted by atomic mass is 35.5. The van der Waals surface area contributed by atoms with Crippen molar-refractivity contribution in [2.24, 2.45) is 5.92 Å². The van der Waals surface area contributed by atoms with Gasteiger partial charge >= 0.3 is 0 Å². The average molecular weight is 398 g/mol. The van der Waals surface area contributed by atoms with Gasteiger partial charge in [-0.15, -0.1) is 12.4 Å². The molecule has 1 amide bonds. The number of aliphatic hydroxyl groups is 1. The third-order valence-electron chi connectivity index (χ3n) is 3.61. The zero-order valence-corrected chi connectivity index (χ0v) is 16.0. The zero-order chi connectivity index (χ0) is 17.0. The van der Waals surface area contributed by atoms with Gasteiger partial charge < -0.3 is 20.5 Å². The van der Waals surface area contributed by atoms with Gasteiger partial charge in [-0.05, 0) is 31.5 Å². The second-order valence-electron chi connectivity index (χ2n) is 6.31. The van der Waals surface area contributed by atoms with Crippen molar-refractivity contribution in [3.8, 4) is 0 Å². The van der Waals surface area contributed by atoms with Crippen LogP contribution in [0.5, 0.6) is 0 Å². The molecule has 2 atom stereocenters. The number of benzene rings is 1. The second kappa shape index (κ2) is 9.22. The maximum absolute atomic E-state index is 12.5. The molecule has 0 unspecified atom stereocenters. The van der Waals surface area contributed by atoms with E-state index < -0.39 is 17.6 Å². The highest BCUT2D eigenvalue weighted by Crippen LogP contribution is 2.32. The Morgan fingerprint density at radius 2 is 2.12 bits per heavy atom. The minimum Gasteiger partial charge on any atom is -0.389 e. The molecule has 0 bridgehead atoms. The van der Waals surface area contributed by atoms with Gasteiger partial charge in [0.05, 0.1) is 34.3 Å². The van der Waals surface area contributed by atoms with Crippen LogP contribution in [-0.4, -0.2) is 42.9 Å². The number of rotatable bonds is 4. The molecule has 0 aromatic heterocycles. The molecule has 1 heterocycles. The summed E-state index contributed by atoms with van der Waals surface area (Å²) in [5.74, 6) is -0.588. The molecular formula is C16H23Cl3N2O3. The van der Waals surface area contributed by atoms with Crippen LogP contribution in [0.25, 0.3) is 0 Å². The van der Waals surface area contributed by atoms with E-state index in [4.69, 9.17) is 27.9 Å². The normalized spacial score (nSPS) is 21.5. The van der Waals surface area contributed by atoms with Crippen LogP contribution in [0.2, 0.25) is 10.0 Å². The minimum absolute atomic E-state index is 0. The van der Waals surface area contributed by atoms with Gasteiger partial charge in [-0.2, -0.15) is 0 Å². The molecule has 1 aliphatic rings. The molecule has 24 heavy (non-hydrogen) atoms. The van der Waals surface area contributed by atoms with Crippen molar-refractivity contribution in [1.82, 2.24) is 10.6 Å². The molecule has 1 aromatic carbocycles. The Morgan fingerprint density at radius 3 is 2.75 bits per heavy atom. The molecular weight excluding hydrogens is 375 g/mol. The van der Waals surface area contributed by atoms with E-state index in [2.05, 4.69) is 10.6 Å². The number of hydrogen-bond donors (Lipinski definition) is 3. The predicted molar refractivity (Wildman–Crippen MR) is 98.1 cm³/mol. The fourth-order valence-corrected chi connectivity index (χ4v) is 2.73. The summed E-state index contributed by atoms with van der Waals surface area (Å²) in [6.45, 7) is 5.13. The van der Waals surface area contributed by atoms with Crippen molar-refractivity contribution >= 4 is 41.5 Å². The Morgan fingerprint density at radius 1 is 1.42 bits per heavy atom. The van der Waals surface area contributed by atoms with Crippen molar-refractivity contribution in [2.75, 3.05) is 26.2 Å². The number of amides is 1. The van der Waals surface area contributed by atoms with Crippen LogP contribution in [0.4, 0.5) is 0 Å². The SMILES string of the molecule is CC(C)(O)CNC(=O)[C@@H]1CNCCO[C@H]1c1ccc(Cl)c(Cl)c1.Cl. The van der Waals surface area contributed by atoms with E-state index in [1.807, 2.05) is 6.07 Å². The van der Waals surface area contributed by atoms with E-state index in [9.17, 15) is 9.90 Å². The fourth-order valence-electron chi connectivity index (χ4n) is 2.42. The summed E-state index contributed by atoms with van der Waals surface area (Å²) in [5.41, 5.74) is -0.153. The Hall–Kier alpha value is -0.560. The van der Waals surface area contributed by atoms with Crippen LogP contribution >= 0.6 is 35.6 Å². The molecule has 0 aliphatic carbocycles. The lowest BCUT2D eigenvalue weighted by Gasteiger charge is -2.26. The second-order valence-corrected chi connectivity index (χ2v) is 7.12. The predicted octanol–water partition coefficient (Wildman–Crippen LogP) is 2.58. The van der Waals surface area contributed by atoms with Crippen LogP contribution < -0.4 is 10.6 Å². The van der Waals surface area contributed by atoms with Gasteiger partial charge in [-0.25, -0.2) is 0 Å². The number of hydrogen-bond acceptors (Lipinski definition) is 4. The molecule has 1 aliphatic heterocycles. The summed E-state index contributed by atoms with van der Waals surface area (Å²) in [6, 6.07) is 5.25. The van der Waals surface area contributed by atoms with E-state index in [1.165, 1.54) is 0 Å². The van der Waals surface area contributed by atoms with Crippen molar-refractivity contribution < 1.29 is 14.6 Å². The molecule has 136 valence electrons. The van der Waals surface area contributed by atoms with Gasteiger partial charge in [0.1, 0.15) is 0 Å². The maximum atomic E-state index is 12.5. The molecule has 5 nitrogen and oxygen atoms in total. The van der Waals surface area contributed by atoms with Gasteiger partial charge in [-0.3, -0.25) is 4.79 Å². The molecule has 0 spiro atoms. The summed E-state index contributed by atoms with van der Waals surface area (Å²) in [4.78, 5) is 12.5. The van der Waals surface area contributed by atoms with Crippen LogP contribution in [0.1, 0.15) is 25.5 Å². The van der Waals surface area contributed by atoms with Gasteiger partial charge in [-0.1, -0.05) is 29.3 Å². The first-order chi connectivity index (χ1) is 10.8. The standard InChI is InChI=1S/C16H22Cl2N2O3.ClH/c1-16(2,22)9-20-15(21)11-8-19-5-6-23-14(11)10-3-4-12(17)13(18)7-10;/h3-4,7,11,14,19,22H,5-6,8-9H2,1-2H3,(H,20,21);1H/t11-,14+;/m1./s1. The number of carbonyl (C=O) groups excluding carboxylic acids is 1. The summed E-state index contributed by atoms with van der Waals surface area (Å²) >= 11 is 12.0. The first kappa shape index (κ1) is 21.5. The van der Waals surface area contributed by atoms with Gasteiger partial charge in [0.2, 0.25) is 5.91 Å². The van der Waals surface area contributed by atoms with Gasteiger partial charge in [0.15, 0.2) is 0 Å². The fraction of sp³-hybridized carbons (Fsp3) is 0.562. The minimum atomic E-state index is -0.965. The first-order valence-corrected chi connectivity index (χ1v) is 8.31. The van der Waals surface area contributed by atoms with Crippen molar-refractivity contribution in [1.29, 1.82) is 0 Å². The Kier molecular flexibility index (Phi) is 8.26. The lowest BCUT2D eigenvalue weighted by atomic mass is 9.94. The monoisotopic (exact) mass is 396 g/mol. The lowest BCUT2D eigenvalue weighted by Crippen LogP contribution is -2.44. The van der Waals surface area contributed by atoms with Crippen LogP contribution in [0, 0.1) is 5.92 Å². The molecule has 1 saturated heterocycles. The van der Waals surface area contributed by atoms with Gasteiger partial charge in [0.25, 0.3) is 0 Å².